The quantitative estimate of drug-likeness (QED) is 0.305. The number of ether oxygens (including phenoxy) is 1. The number of methoxy groups -OCH3 is 1. The number of carbonyl (C=O) groups is 1. The van der Waals surface area contributed by atoms with Gasteiger partial charge in [-0.25, -0.2) is 19.4 Å². The number of rotatable bonds is 9. The first-order valence-corrected chi connectivity index (χ1v) is 9.72. The molecule has 0 radical (unpaired) electrons. The molecule has 0 aliphatic rings. The second-order valence-electron chi connectivity index (χ2n) is 5.68. The maximum absolute atomic E-state index is 12.1. The van der Waals surface area contributed by atoms with Crippen LogP contribution in [0.1, 0.15) is 10.4 Å². The van der Waals surface area contributed by atoms with Gasteiger partial charge in [-0.1, -0.05) is 11.8 Å². The molecule has 0 aromatic carbocycles. The highest BCUT2D eigenvalue weighted by atomic mass is 32.2. The Morgan fingerprint density at radius 1 is 1.32 bits per heavy atom. The predicted octanol–water partition coefficient (Wildman–Crippen LogP) is 0.990. The molecule has 0 saturated carbocycles. The number of aromatic nitrogens is 4. The summed E-state index contributed by atoms with van der Waals surface area (Å²) >= 11 is 1.44. The minimum atomic E-state index is -0.501. The van der Waals surface area contributed by atoms with Gasteiger partial charge in [0.25, 0.3) is 5.91 Å². The van der Waals surface area contributed by atoms with Crippen LogP contribution in [0.4, 0.5) is 5.82 Å². The van der Waals surface area contributed by atoms with Crippen molar-refractivity contribution in [1.29, 1.82) is 0 Å². The molecular formula is C17H20N6O4S. The standard InChI is InChI=1S/C17H20N6O4S/c1-26-8-6-18-14-12-9-20-23(15(12)22-17(21-14)28-2)7-5-19-16(25)11-3-4-13(24)27-10-11/h3-4,9-10H,5-8H2,1-2H3,(H,19,25)(H,18,21,22). The van der Waals surface area contributed by atoms with Gasteiger partial charge in [0.1, 0.15) is 12.1 Å². The summed E-state index contributed by atoms with van der Waals surface area (Å²) in [6.45, 7) is 1.93. The summed E-state index contributed by atoms with van der Waals surface area (Å²) < 4.78 is 11.5. The van der Waals surface area contributed by atoms with Crippen LogP contribution in [0.25, 0.3) is 11.0 Å². The first kappa shape index (κ1) is 19.8. The summed E-state index contributed by atoms with van der Waals surface area (Å²) in [6, 6.07) is 2.62. The largest absolute Gasteiger partial charge is 0.430 e. The van der Waals surface area contributed by atoms with Gasteiger partial charge in [0.05, 0.1) is 30.3 Å². The number of nitrogens with zero attached hydrogens (tertiary/aromatic N) is 4. The molecular weight excluding hydrogens is 384 g/mol. The van der Waals surface area contributed by atoms with E-state index in [0.29, 0.717) is 42.9 Å². The zero-order valence-corrected chi connectivity index (χ0v) is 16.3. The molecule has 3 heterocycles. The number of anilines is 1. The molecule has 0 aliphatic carbocycles. The van der Waals surface area contributed by atoms with Crippen molar-refractivity contribution in [3.05, 3.63) is 40.6 Å². The number of thioether (sulfide) groups is 1. The van der Waals surface area contributed by atoms with Crippen LogP contribution in [0, 0.1) is 0 Å². The summed E-state index contributed by atoms with van der Waals surface area (Å²) in [6.07, 6.45) is 4.73. The Morgan fingerprint density at radius 2 is 2.18 bits per heavy atom. The summed E-state index contributed by atoms with van der Waals surface area (Å²) in [7, 11) is 1.64. The molecule has 148 valence electrons. The summed E-state index contributed by atoms with van der Waals surface area (Å²) in [4.78, 5) is 32.1. The molecule has 3 aromatic rings. The van der Waals surface area contributed by atoms with Crippen molar-refractivity contribution in [2.24, 2.45) is 0 Å². The average Bonchev–Trinajstić information content (AvgIpc) is 3.11. The fourth-order valence-electron chi connectivity index (χ4n) is 2.46. The SMILES string of the molecule is COCCNc1nc(SC)nc2c1cnn2CCNC(=O)c1ccc(=O)oc1. The van der Waals surface area contributed by atoms with Gasteiger partial charge in [0, 0.05) is 26.3 Å². The number of carbonyl (C=O) groups excluding carboxylic acids is 1. The van der Waals surface area contributed by atoms with E-state index in [0.717, 1.165) is 11.6 Å². The van der Waals surface area contributed by atoms with Gasteiger partial charge in [-0.05, 0) is 12.3 Å². The van der Waals surface area contributed by atoms with Crippen LogP contribution in [0.2, 0.25) is 0 Å². The van der Waals surface area contributed by atoms with E-state index in [9.17, 15) is 9.59 Å². The number of nitrogens with one attached hydrogen (secondary N) is 2. The van der Waals surface area contributed by atoms with Gasteiger partial charge >= 0.3 is 5.63 Å². The topological polar surface area (TPSA) is 124 Å². The van der Waals surface area contributed by atoms with Gasteiger partial charge < -0.3 is 19.8 Å². The third kappa shape index (κ3) is 4.67. The van der Waals surface area contributed by atoms with Gasteiger partial charge in [0.2, 0.25) is 0 Å². The van der Waals surface area contributed by atoms with Gasteiger partial charge in [-0.2, -0.15) is 5.10 Å². The molecule has 0 atom stereocenters. The van der Waals surface area contributed by atoms with E-state index in [1.165, 1.54) is 23.9 Å². The van der Waals surface area contributed by atoms with E-state index < -0.39 is 5.63 Å². The van der Waals surface area contributed by atoms with E-state index in [-0.39, 0.29) is 11.5 Å². The Hall–Kier alpha value is -2.92. The number of amides is 1. The first-order valence-electron chi connectivity index (χ1n) is 8.49. The first-order chi connectivity index (χ1) is 13.6. The second kappa shape index (κ2) is 9.33. The molecule has 0 saturated heterocycles. The van der Waals surface area contributed by atoms with E-state index >= 15 is 0 Å². The lowest BCUT2D eigenvalue weighted by atomic mass is 10.3. The zero-order chi connectivity index (χ0) is 19.9. The lowest BCUT2D eigenvalue weighted by Gasteiger charge is -2.09. The summed E-state index contributed by atoms with van der Waals surface area (Å²) in [5, 5.41) is 11.8. The molecule has 0 unspecified atom stereocenters. The molecule has 28 heavy (non-hydrogen) atoms. The lowest BCUT2D eigenvalue weighted by molar-refractivity contribution is 0.0949. The van der Waals surface area contributed by atoms with Crippen LogP contribution < -0.4 is 16.3 Å². The lowest BCUT2D eigenvalue weighted by Crippen LogP contribution is -2.27. The van der Waals surface area contributed by atoms with Crippen molar-refractivity contribution in [1.82, 2.24) is 25.1 Å². The van der Waals surface area contributed by atoms with Crippen LogP contribution in [0.5, 0.6) is 0 Å². The molecule has 3 aromatic heterocycles. The minimum Gasteiger partial charge on any atom is -0.430 e. The number of fused-ring (bicyclic) bond motifs is 1. The molecule has 3 rings (SSSR count). The second-order valence-corrected chi connectivity index (χ2v) is 6.46. The van der Waals surface area contributed by atoms with Crippen LogP contribution in [0.3, 0.4) is 0 Å². The van der Waals surface area contributed by atoms with Crippen molar-refractivity contribution in [2.45, 2.75) is 11.7 Å². The Morgan fingerprint density at radius 3 is 2.89 bits per heavy atom. The maximum atomic E-state index is 12.1. The van der Waals surface area contributed by atoms with Crippen LogP contribution in [-0.4, -0.2) is 58.7 Å². The Labute approximate surface area is 164 Å². The highest BCUT2D eigenvalue weighted by molar-refractivity contribution is 7.98. The highest BCUT2D eigenvalue weighted by Gasteiger charge is 2.13. The van der Waals surface area contributed by atoms with Crippen molar-refractivity contribution in [2.75, 3.05) is 38.4 Å². The van der Waals surface area contributed by atoms with E-state index in [1.807, 2.05) is 6.26 Å². The molecule has 0 fully saturated rings. The van der Waals surface area contributed by atoms with Crippen molar-refractivity contribution < 1.29 is 13.9 Å². The fourth-order valence-corrected chi connectivity index (χ4v) is 2.82. The number of hydrogen-bond acceptors (Lipinski definition) is 9. The van der Waals surface area contributed by atoms with Crippen LogP contribution in [-0.2, 0) is 11.3 Å². The maximum Gasteiger partial charge on any atom is 0.335 e. The predicted molar refractivity (Wildman–Crippen MR) is 105 cm³/mol. The summed E-state index contributed by atoms with van der Waals surface area (Å²) in [5.41, 5.74) is 0.458. The molecule has 11 heteroatoms. The number of hydrogen-bond donors (Lipinski definition) is 2. The van der Waals surface area contributed by atoms with Crippen molar-refractivity contribution in [3.8, 4) is 0 Å². The normalized spacial score (nSPS) is 10.9. The molecule has 10 nitrogen and oxygen atoms in total. The van der Waals surface area contributed by atoms with E-state index in [1.54, 1.807) is 18.0 Å². The molecule has 0 spiro atoms. The van der Waals surface area contributed by atoms with Gasteiger partial charge in [-0.15, -0.1) is 0 Å². The Balaban J connectivity index is 1.70. The summed E-state index contributed by atoms with van der Waals surface area (Å²) in [5.74, 6) is 0.363. The van der Waals surface area contributed by atoms with E-state index in [2.05, 4.69) is 25.7 Å². The molecule has 1 amide bonds. The highest BCUT2D eigenvalue weighted by Crippen LogP contribution is 2.23. The third-order valence-corrected chi connectivity index (χ3v) is 4.38. The van der Waals surface area contributed by atoms with Crippen LogP contribution >= 0.6 is 11.8 Å². The Bertz CT molecular complexity index is 998. The van der Waals surface area contributed by atoms with Gasteiger partial charge in [-0.3, -0.25) is 4.79 Å². The Kier molecular flexibility index (Phi) is 6.61. The smallest absolute Gasteiger partial charge is 0.335 e. The molecule has 0 bridgehead atoms. The third-order valence-electron chi connectivity index (χ3n) is 3.83. The monoisotopic (exact) mass is 404 g/mol. The minimum absolute atomic E-state index is 0.279. The fraction of sp³-hybridized carbons (Fsp3) is 0.353. The van der Waals surface area contributed by atoms with Crippen LogP contribution in [0.15, 0.2) is 39.0 Å². The van der Waals surface area contributed by atoms with Gasteiger partial charge in [0.15, 0.2) is 10.8 Å². The van der Waals surface area contributed by atoms with E-state index in [4.69, 9.17) is 9.15 Å². The molecule has 2 N–H and O–H groups in total. The van der Waals surface area contributed by atoms with Crippen molar-refractivity contribution in [3.63, 3.8) is 0 Å². The zero-order valence-electron chi connectivity index (χ0n) is 15.5. The molecule has 0 aliphatic heterocycles. The average molecular weight is 404 g/mol. The van der Waals surface area contributed by atoms with Crippen molar-refractivity contribution >= 4 is 34.5 Å².